The number of unbranched alkanes of at least 4 members (excludes halogenated alkanes) is 5. The highest BCUT2D eigenvalue weighted by atomic mass is 19.5. The Morgan fingerprint density at radius 3 is 1.95 bits per heavy atom. The lowest BCUT2D eigenvalue weighted by atomic mass is 10.1. The van der Waals surface area contributed by atoms with Crippen LogP contribution in [-0.4, -0.2) is 31.2 Å². The van der Waals surface area contributed by atoms with E-state index in [0.717, 1.165) is 11.0 Å². The Labute approximate surface area is 119 Å². The molecule has 1 heterocycles. The summed E-state index contributed by atoms with van der Waals surface area (Å²) in [4.78, 5) is 4.20. The SMILES string of the molecule is CCCCCCCC[N+]1(CC)C=CN=C1.F[B-](F)(F)F. The average Bonchev–Trinajstić information content (AvgIpc) is 2.81. The van der Waals surface area contributed by atoms with E-state index in [1.54, 1.807) is 0 Å². The fourth-order valence-electron chi connectivity index (χ4n) is 2.04. The molecule has 1 aliphatic heterocycles. The first kappa shape index (κ1) is 19.2. The monoisotopic (exact) mass is 296 g/mol. The van der Waals surface area contributed by atoms with Crippen molar-refractivity contribution in [2.45, 2.75) is 52.4 Å². The minimum Gasteiger partial charge on any atom is -0.418 e. The number of hydrogen-bond acceptors (Lipinski definition) is 1. The highest BCUT2D eigenvalue weighted by Gasteiger charge is 2.22. The molecule has 2 nitrogen and oxygen atoms in total. The van der Waals surface area contributed by atoms with Gasteiger partial charge in [-0.2, -0.15) is 0 Å². The molecule has 118 valence electrons. The van der Waals surface area contributed by atoms with Crippen LogP contribution in [0.2, 0.25) is 0 Å². The van der Waals surface area contributed by atoms with Crippen molar-refractivity contribution in [1.82, 2.24) is 0 Å². The van der Waals surface area contributed by atoms with E-state index in [0.29, 0.717) is 0 Å². The molecular formula is C13H25BF4N2. The zero-order valence-electron chi connectivity index (χ0n) is 12.4. The van der Waals surface area contributed by atoms with E-state index in [9.17, 15) is 17.3 Å². The number of hydrogen-bond donors (Lipinski definition) is 0. The van der Waals surface area contributed by atoms with E-state index in [4.69, 9.17) is 0 Å². The molecule has 0 spiro atoms. The third-order valence-electron chi connectivity index (χ3n) is 3.26. The second kappa shape index (κ2) is 9.97. The smallest absolute Gasteiger partial charge is 0.418 e. The summed E-state index contributed by atoms with van der Waals surface area (Å²) in [5.74, 6) is 0. The summed E-state index contributed by atoms with van der Waals surface area (Å²) in [6, 6.07) is 0. The molecule has 0 aromatic carbocycles. The second-order valence-corrected chi connectivity index (χ2v) is 4.97. The fraction of sp³-hybridized carbons (Fsp3) is 0.769. The van der Waals surface area contributed by atoms with Gasteiger partial charge in [0.1, 0.15) is 6.20 Å². The largest absolute Gasteiger partial charge is 0.673 e. The second-order valence-electron chi connectivity index (χ2n) is 4.97. The molecule has 1 unspecified atom stereocenters. The molecule has 0 saturated heterocycles. The van der Waals surface area contributed by atoms with Gasteiger partial charge >= 0.3 is 7.25 Å². The van der Waals surface area contributed by atoms with Crippen LogP contribution in [0.5, 0.6) is 0 Å². The number of rotatable bonds is 8. The Morgan fingerprint density at radius 1 is 0.950 bits per heavy atom. The van der Waals surface area contributed by atoms with Gasteiger partial charge in [-0.3, -0.25) is 4.48 Å². The highest BCUT2D eigenvalue weighted by Crippen LogP contribution is 2.14. The van der Waals surface area contributed by atoms with E-state index < -0.39 is 7.25 Å². The van der Waals surface area contributed by atoms with Crippen molar-refractivity contribution in [3.63, 3.8) is 0 Å². The van der Waals surface area contributed by atoms with Crippen molar-refractivity contribution in [2.24, 2.45) is 4.99 Å². The van der Waals surface area contributed by atoms with Gasteiger partial charge < -0.3 is 17.3 Å². The van der Waals surface area contributed by atoms with Crippen molar-refractivity contribution in [2.75, 3.05) is 13.1 Å². The molecule has 1 rings (SSSR count). The van der Waals surface area contributed by atoms with Crippen molar-refractivity contribution < 1.29 is 21.7 Å². The van der Waals surface area contributed by atoms with Gasteiger partial charge in [0.2, 0.25) is 0 Å². The number of halogens is 4. The summed E-state index contributed by atoms with van der Waals surface area (Å²) >= 11 is 0. The minimum absolute atomic E-state index is 0.966. The van der Waals surface area contributed by atoms with Crippen LogP contribution >= 0.6 is 0 Å². The fourth-order valence-corrected chi connectivity index (χ4v) is 2.04. The van der Waals surface area contributed by atoms with Crippen LogP contribution in [0.1, 0.15) is 52.4 Å². The van der Waals surface area contributed by atoms with E-state index >= 15 is 0 Å². The van der Waals surface area contributed by atoms with Crippen LogP contribution < -0.4 is 0 Å². The van der Waals surface area contributed by atoms with Crippen LogP contribution in [0.4, 0.5) is 17.3 Å². The average molecular weight is 296 g/mol. The number of quaternary nitrogens is 1. The predicted molar refractivity (Wildman–Crippen MR) is 76.9 cm³/mol. The van der Waals surface area contributed by atoms with E-state index in [-0.39, 0.29) is 0 Å². The Hall–Kier alpha value is -0.845. The molecule has 0 saturated carbocycles. The molecule has 0 bridgehead atoms. The maximum atomic E-state index is 9.75. The van der Waals surface area contributed by atoms with Gasteiger partial charge in [-0.25, -0.2) is 4.99 Å². The first-order valence-electron chi connectivity index (χ1n) is 7.29. The van der Waals surface area contributed by atoms with Crippen LogP contribution in [0, 0.1) is 0 Å². The molecule has 20 heavy (non-hydrogen) atoms. The first-order valence-corrected chi connectivity index (χ1v) is 7.29. The molecule has 0 amide bonds. The molecule has 1 atom stereocenters. The predicted octanol–water partition coefficient (Wildman–Crippen LogP) is 5.00. The summed E-state index contributed by atoms with van der Waals surface area (Å²) in [6.07, 6.45) is 14.5. The molecular weight excluding hydrogens is 271 g/mol. The molecule has 0 aromatic heterocycles. The summed E-state index contributed by atoms with van der Waals surface area (Å²) in [7, 11) is -6.00. The molecule has 0 aliphatic carbocycles. The van der Waals surface area contributed by atoms with Gasteiger partial charge in [0.05, 0.1) is 19.3 Å². The Balaban J connectivity index is 0.000000621. The van der Waals surface area contributed by atoms with Crippen molar-refractivity contribution in [3.05, 3.63) is 12.4 Å². The summed E-state index contributed by atoms with van der Waals surface area (Å²) in [6.45, 7) is 6.86. The molecule has 0 fully saturated rings. The third-order valence-corrected chi connectivity index (χ3v) is 3.26. The Bertz CT molecular complexity index is 285. The van der Waals surface area contributed by atoms with E-state index in [2.05, 4.69) is 31.4 Å². The quantitative estimate of drug-likeness (QED) is 0.259. The zero-order valence-corrected chi connectivity index (χ0v) is 12.4. The summed E-state index contributed by atoms with van der Waals surface area (Å²) in [5.41, 5.74) is 0. The molecule has 0 N–H and O–H groups in total. The van der Waals surface area contributed by atoms with Gasteiger partial charge in [0.15, 0.2) is 6.34 Å². The minimum atomic E-state index is -6.00. The van der Waals surface area contributed by atoms with Crippen LogP contribution in [0.3, 0.4) is 0 Å². The van der Waals surface area contributed by atoms with E-state index in [1.165, 1.54) is 45.1 Å². The zero-order chi connectivity index (χ0) is 15.5. The van der Waals surface area contributed by atoms with Crippen LogP contribution in [-0.2, 0) is 0 Å². The van der Waals surface area contributed by atoms with Gasteiger partial charge in [-0.05, 0) is 19.8 Å². The van der Waals surface area contributed by atoms with Crippen molar-refractivity contribution in [3.8, 4) is 0 Å². The molecule has 0 radical (unpaired) electrons. The van der Waals surface area contributed by atoms with Crippen LogP contribution in [0.15, 0.2) is 17.4 Å². The maximum Gasteiger partial charge on any atom is 0.673 e. The standard InChI is InChI=1S/C13H25N2.BF4/c1-3-5-6-7-8-9-11-15(4-2)12-10-14-13-15;2-1(3,4)5/h10,12-13H,3-9,11H2,1-2H3;/q+1;-1. The summed E-state index contributed by atoms with van der Waals surface area (Å²) < 4.78 is 40.0. The Morgan fingerprint density at radius 2 is 1.50 bits per heavy atom. The van der Waals surface area contributed by atoms with Crippen molar-refractivity contribution >= 4 is 13.6 Å². The lowest BCUT2D eigenvalue weighted by molar-refractivity contribution is -0.777. The van der Waals surface area contributed by atoms with Gasteiger partial charge in [0, 0.05) is 0 Å². The van der Waals surface area contributed by atoms with Crippen LogP contribution in [0.25, 0.3) is 0 Å². The van der Waals surface area contributed by atoms with Gasteiger partial charge in [0.25, 0.3) is 0 Å². The lowest BCUT2D eigenvalue weighted by Crippen LogP contribution is -2.40. The topological polar surface area (TPSA) is 12.4 Å². The first-order chi connectivity index (χ1) is 9.33. The van der Waals surface area contributed by atoms with Gasteiger partial charge in [-0.1, -0.05) is 32.6 Å². The normalized spacial score (nSPS) is 20.9. The molecule has 1 aliphatic rings. The highest BCUT2D eigenvalue weighted by molar-refractivity contribution is 6.50. The number of nitrogens with zero attached hydrogens (tertiary/aromatic N) is 2. The lowest BCUT2D eigenvalue weighted by Gasteiger charge is -2.25. The van der Waals surface area contributed by atoms with Crippen molar-refractivity contribution in [1.29, 1.82) is 0 Å². The van der Waals surface area contributed by atoms with E-state index in [1.807, 2.05) is 6.20 Å². The van der Waals surface area contributed by atoms with Gasteiger partial charge in [-0.15, -0.1) is 0 Å². The summed E-state index contributed by atoms with van der Waals surface area (Å²) in [5, 5.41) is 0. The Kier molecular flexibility index (Phi) is 9.54. The molecule has 0 aromatic rings. The number of aliphatic imine (C=N–C) groups is 1. The maximum absolute atomic E-state index is 9.75. The molecule has 7 heteroatoms. The third kappa shape index (κ3) is 11.0.